The predicted molar refractivity (Wildman–Crippen MR) is 237 cm³/mol. The molecule has 0 aliphatic heterocycles. The van der Waals surface area contributed by atoms with Crippen LogP contribution in [-0.2, 0) is 49.9 Å². The van der Waals surface area contributed by atoms with E-state index in [1.165, 1.54) is 13.2 Å². The summed E-state index contributed by atoms with van der Waals surface area (Å²) in [6.07, 6.45) is 6.25. The molecular weight excluding hydrogens is 785 g/mol. The normalized spacial score (nSPS) is 12.6. The summed E-state index contributed by atoms with van der Waals surface area (Å²) in [4.78, 5) is 54.5. The lowest BCUT2D eigenvalue weighted by Gasteiger charge is -2.25. The molecule has 328 valence electrons. The molecule has 0 spiro atoms. The second-order valence-corrected chi connectivity index (χ2v) is 15.7. The first-order valence-corrected chi connectivity index (χ1v) is 21.2. The van der Waals surface area contributed by atoms with Crippen molar-refractivity contribution in [3.63, 3.8) is 0 Å². The number of aliphatic hydroxyl groups excluding tert-OH is 3. The van der Waals surface area contributed by atoms with Crippen LogP contribution in [0.25, 0.3) is 49.2 Å². The summed E-state index contributed by atoms with van der Waals surface area (Å²) in [6.45, 7) is 3.95. The molecular formula is C47H58N2O12. The van der Waals surface area contributed by atoms with Crippen molar-refractivity contribution in [2.75, 3.05) is 72.3 Å². The van der Waals surface area contributed by atoms with E-state index in [1.54, 1.807) is 13.2 Å². The standard InChI is InChI=1S/C47H58N2O12/c1-27-21-32-31(11-4-5-12-36(55)49-14-18-61-20-19-58-2)45(56)41-34(48-13-6-9-30(53)10-7-16-60-17-8-15-50)23-28(25-51)37-38-29(26-52)24-35(54)42-44(38)40(39(32)43(37)41)33(22-27)47(59-3)46(42)57/h21,23-24,48,50-52,57H,4-20,22,25-26H2,1-3H3,(H,49,55). The van der Waals surface area contributed by atoms with Crippen LogP contribution in [0.15, 0.2) is 27.3 Å². The smallest absolute Gasteiger partial charge is 0.220 e. The van der Waals surface area contributed by atoms with Gasteiger partial charge in [0.1, 0.15) is 5.78 Å². The lowest BCUT2D eigenvalue weighted by atomic mass is 9.80. The number of rotatable bonds is 26. The van der Waals surface area contributed by atoms with Gasteiger partial charge in [-0.3, -0.25) is 19.2 Å². The van der Waals surface area contributed by atoms with Gasteiger partial charge in [-0.05, 0) is 102 Å². The average molecular weight is 843 g/mol. The highest BCUT2D eigenvalue weighted by Crippen LogP contribution is 2.53. The van der Waals surface area contributed by atoms with Crippen LogP contribution in [0.3, 0.4) is 0 Å². The number of ketones is 1. The van der Waals surface area contributed by atoms with Crippen molar-refractivity contribution in [2.45, 2.75) is 84.3 Å². The van der Waals surface area contributed by atoms with Crippen molar-refractivity contribution in [2.24, 2.45) is 0 Å². The molecule has 6 rings (SSSR count). The number of hydrogen-bond donors (Lipinski definition) is 6. The first-order valence-electron chi connectivity index (χ1n) is 21.2. The van der Waals surface area contributed by atoms with Crippen LogP contribution in [0.4, 0.5) is 5.69 Å². The Morgan fingerprint density at radius 3 is 2.15 bits per heavy atom. The maximum Gasteiger partial charge on any atom is 0.220 e. The van der Waals surface area contributed by atoms with Crippen molar-refractivity contribution >= 4 is 66.5 Å². The summed E-state index contributed by atoms with van der Waals surface area (Å²) in [7, 11) is 3.03. The second kappa shape index (κ2) is 21.2. The molecule has 0 fully saturated rings. The van der Waals surface area contributed by atoms with E-state index in [0.717, 1.165) is 5.57 Å². The number of carbonyl (C=O) groups is 2. The Morgan fingerprint density at radius 1 is 0.721 bits per heavy atom. The molecule has 61 heavy (non-hydrogen) atoms. The molecule has 14 heteroatoms. The number of phenols is 1. The van der Waals surface area contributed by atoms with Gasteiger partial charge < -0.3 is 50.0 Å². The van der Waals surface area contributed by atoms with E-state index < -0.39 is 18.6 Å². The molecule has 0 bridgehead atoms. The number of aliphatic hydroxyl groups is 3. The van der Waals surface area contributed by atoms with Gasteiger partial charge in [0, 0.05) is 86.9 Å². The number of anilines is 1. The molecule has 0 saturated heterocycles. The Kier molecular flexibility index (Phi) is 15.8. The maximum absolute atomic E-state index is 15.2. The third-order valence-electron chi connectivity index (χ3n) is 11.5. The van der Waals surface area contributed by atoms with Gasteiger partial charge in [0.05, 0.1) is 50.9 Å². The minimum atomic E-state index is -0.506. The topological polar surface area (TPSA) is 210 Å². The molecule has 0 unspecified atom stereocenters. The number of unbranched alkanes of at least 4 members (excludes halogenated alkanes) is 1. The molecule has 0 aromatic heterocycles. The fourth-order valence-corrected chi connectivity index (χ4v) is 8.82. The fourth-order valence-electron chi connectivity index (χ4n) is 8.82. The van der Waals surface area contributed by atoms with Crippen LogP contribution in [0.5, 0.6) is 11.5 Å². The van der Waals surface area contributed by atoms with Crippen LogP contribution in [-0.4, -0.2) is 99.1 Å². The third-order valence-corrected chi connectivity index (χ3v) is 11.5. The molecule has 0 saturated carbocycles. The highest BCUT2D eigenvalue weighted by atomic mass is 16.5. The van der Waals surface area contributed by atoms with Gasteiger partial charge in [-0.15, -0.1) is 0 Å². The van der Waals surface area contributed by atoms with E-state index in [4.69, 9.17) is 24.1 Å². The van der Waals surface area contributed by atoms with Gasteiger partial charge in [-0.25, -0.2) is 0 Å². The first-order chi connectivity index (χ1) is 29.6. The largest absolute Gasteiger partial charge is 0.504 e. The average Bonchev–Trinajstić information content (AvgIpc) is 3.40. The van der Waals surface area contributed by atoms with Crippen molar-refractivity contribution in [1.29, 1.82) is 0 Å². The zero-order valence-electron chi connectivity index (χ0n) is 35.4. The van der Waals surface area contributed by atoms with Crippen molar-refractivity contribution in [3.8, 4) is 11.5 Å². The second-order valence-electron chi connectivity index (χ2n) is 15.7. The zero-order chi connectivity index (χ0) is 43.6. The van der Waals surface area contributed by atoms with E-state index in [-0.39, 0.29) is 47.0 Å². The highest BCUT2D eigenvalue weighted by molar-refractivity contribution is 6.38. The number of methoxy groups -OCH3 is 2. The van der Waals surface area contributed by atoms with Crippen molar-refractivity contribution < 1.29 is 49.0 Å². The number of carbonyl (C=O) groups excluding carboxylic acids is 2. The lowest BCUT2D eigenvalue weighted by molar-refractivity contribution is -0.121. The Hall–Kier alpha value is -4.96. The van der Waals surface area contributed by atoms with E-state index >= 15 is 4.79 Å². The zero-order valence-corrected chi connectivity index (χ0v) is 35.4. The number of Topliss-reactive ketones (excluding diaryl/α,β-unsaturated/α-hetero) is 1. The summed E-state index contributed by atoms with van der Waals surface area (Å²) in [5.74, 6) is -0.188. The molecule has 5 aromatic rings. The molecule has 6 N–H and O–H groups in total. The van der Waals surface area contributed by atoms with E-state index in [1.807, 2.05) is 13.0 Å². The molecule has 0 heterocycles. The van der Waals surface area contributed by atoms with Crippen LogP contribution in [0.2, 0.25) is 0 Å². The maximum atomic E-state index is 15.2. The van der Waals surface area contributed by atoms with Crippen LogP contribution in [0.1, 0.15) is 86.1 Å². The summed E-state index contributed by atoms with van der Waals surface area (Å²) >= 11 is 0. The summed E-state index contributed by atoms with van der Waals surface area (Å²) in [6, 6.07) is 3.03. The summed E-state index contributed by atoms with van der Waals surface area (Å²) < 4.78 is 21.7. The molecule has 0 radical (unpaired) electrons. The van der Waals surface area contributed by atoms with Crippen LogP contribution >= 0.6 is 0 Å². The molecule has 1 aliphatic rings. The van der Waals surface area contributed by atoms with E-state index in [0.29, 0.717) is 175 Å². The van der Waals surface area contributed by atoms with Gasteiger partial charge in [-0.2, -0.15) is 0 Å². The Balaban J connectivity index is 1.46. The lowest BCUT2D eigenvalue weighted by Crippen LogP contribution is -2.27. The number of ether oxygens (including phenoxy) is 4. The van der Waals surface area contributed by atoms with E-state index in [2.05, 4.69) is 10.6 Å². The van der Waals surface area contributed by atoms with Gasteiger partial charge >= 0.3 is 0 Å². The number of hydrogen-bond acceptors (Lipinski definition) is 13. The Bertz CT molecular complexity index is 2520. The number of nitrogens with one attached hydrogen (secondary N) is 2. The number of amides is 1. The summed E-state index contributed by atoms with van der Waals surface area (Å²) in [5.41, 5.74) is 3.25. The van der Waals surface area contributed by atoms with Gasteiger partial charge in [0.25, 0.3) is 0 Å². The van der Waals surface area contributed by atoms with Crippen molar-refractivity contribution in [1.82, 2.24) is 5.32 Å². The molecule has 0 atom stereocenters. The summed E-state index contributed by atoms with van der Waals surface area (Å²) in [5, 5.41) is 52.4. The van der Waals surface area contributed by atoms with Gasteiger partial charge in [-0.1, -0.05) is 11.6 Å². The predicted octanol–water partition coefficient (Wildman–Crippen LogP) is 4.99. The molecule has 1 aliphatic carbocycles. The fraction of sp³-hybridized carbons (Fsp3) is 0.489. The third kappa shape index (κ3) is 9.59. The number of aromatic hydroxyl groups is 1. The molecule has 1 amide bonds. The number of phenolic OH excluding ortho intramolecular Hbond substituents is 1. The van der Waals surface area contributed by atoms with E-state index in [9.17, 15) is 29.7 Å². The van der Waals surface area contributed by atoms with Gasteiger partial charge in [0.15, 0.2) is 22.4 Å². The SMILES string of the molecule is COCCOCCNC(=O)CCCCc1c2c3c4c(c(OC)c(O)c5c(=O)cc(CO)c(c6c(CO)cc(NCCCC(=O)CCCOCCCO)c(c1=O)c63)c54)CC(C)=C2. The van der Waals surface area contributed by atoms with Crippen LogP contribution in [0, 0.1) is 0 Å². The number of benzene rings is 5. The van der Waals surface area contributed by atoms with Crippen LogP contribution < -0.4 is 26.2 Å². The highest BCUT2D eigenvalue weighted by Gasteiger charge is 2.32. The first kappa shape index (κ1) is 45.6. The minimum absolute atomic E-state index is 0.0300. The quantitative estimate of drug-likeness (QED) is 0.0247. The molecule has 5 aromatic carbocycles. The van der Waals surface area contributed by atoms with Crippen molar-refractivity contribution in [3.05, 3.63) is 66.0 Å². The number of fused-ring (bicyclic) bond motifs is 1. The Morgan fingerprint density at radius 2 is 1.43 bits per heavy atom. The van der Waals surface area contributed by atoms with Gasteiger partial charge in [0.2, 0.25) is 5.91 Å². The minimum Gasteiger partial charge on any atom is -0.504 e. The number of allylic oxidation sites excluding steroid dienone is 1. The molecule has 14 nitrogen and oxygen atoms in total. The Labute approximate surface area is 354 Å². The monoisotopic (exact) mass is 842 g/mol.